The van der Waals surface area contributed by atoms with Crippen LogP contribution in [0, 0.1) is 0 Å². The summed E-state index contributed by atoms with van der Waals surface area (Å²) < 4.78 is 0. The van der Waals surface area contributed by atoms with Gasteiger partial charge in [-0.2, -0.15) is 0 Å². The molecule has 3 rings (SSSR count). The Hall–Kier alpha value is -1.82. The van der Waals surface area contributed by atoms with Gasteiger partial charge in [-0.15, -0.1) is 6.58 Å². The summed E-state index contributed by atoms with van der Waals surface area (Å²) in [4.78, 5) is 0. The van der Waals surface area contributed by atoms with E-state index in [1.165, 1.54) is 27.5 Å². The fraction of sp³-hybridized carbons (Fsp3) is 0.0667. The van der Waals surface area contributed by atoms with Crippen LogP contribution < -0.4 is 0 Å². The van der Waals surface area contributed by atoms with E-state index in [9.17, 15) is 0 Å². The van der Waals surface area contributed by atoms with Crippen molar-refractivity contribution in [1.82, 2.24) is 0 Å². The van der Waals surface area contributed by atoms with E-state index >= 15 is 0 Å². The average molecular weight is 192 g/mol. The van der Waals surface area contributed by atoms with Crippen molar-refractivity contribution in [2.24, 2.45) is 0 Å². The molecule has 0 N–H and O–H groups in total. The number of benzene rings is 2. The molecule has 72 valence electrons. The highest BCUT2D eigenvalue weighted by Gasteiger charge is 2.14. The lowest BCUT2D eigenvalue weighted by atomic mass is 10.0. The van der Waals surface area contributed by atoms with E-state index in [0.717, 1.165) is 6.42 Å². The van der Waals surface area contributed by atoms with Crippen molar-refractivity contribution < 1.29 is 0 Å². The van der Waals surface area contributed by atoms with E-state index in [0.29, 0.717) is 0 Å². The van der Waals surface area contributed by atoms with Crippen LogP contribution in [0.5, 0.6) is 0 Å². The fourth-order valence-corrected chi connectivity index (χ4v) is 2.35. The van der Waals surface area contributed by atoms with Crippen molar-refractivity contribution in [3.63, 3.8) is 0 Å². The Morgan fingerprint density at radius 2 is 1.87 bits per heavy atom. The van der Waals surface area contributed by atoms with E-state index in [2.05, 4.69) is 49.1 Å². The molecule has 2 aromatic rings. The van der Waals surface area contributed by atoms with Crippen LogP contribution in [0.2, 0.25) is 0 Å². The third kappa shape index (κ3) is 1.15. The summed E-state index contributed by atoms with van der Waals surface area (Å²) in [7, 11) is 0. The minimum atomic E-state index is 0.952. The lowest BCUT2D eigenvalue weighted by molar-refractivity contribution is 1.44. The standard InChI is InChI=1S/C15H12/c1-2-5-12-10-13-8-3-6-11-7-4-9-14(12)15(11)13/h2-4,6-10H,1,5H2. The molecule has 2 aromatic carbocycles. The highest BCUT2D eigenvalue weighted by Crippen LogP contribution is 2.37. The first-order chi connectivity index (χ1) is 7.40. The molecule has 1 aliphatic carbocycles. The SMILES string of the molecule is C=CCC1=Cc2cccc3cccc1c23. The van der Waals surface area contributed by atoms with Gasteiger partial charge < -0.3 is 0 Å². The normalized spacial score (nSPS) is 12.9. The third-order valence-electron chi connectivity index (χ3n) is 2.98. The molecule has 0 bridgehead atoms. The molecule has 1 aliphatic rings. The molecule has 0 spiro atoms. The largest absolute Gasteiger partial charge is 0.103 e. The van der Waals surface area contributed by atoms with Gasteiger partial charge in [-0.1, -0.05) is 48.6 Å². The van der Waals surface area contributed by atoms with Crippen molar-refractivity contribution >= 4 is 22.4 Å². The summed E-state index contributed by atoms with van der Waals surface area (Å²) >= 11 is 0. The Morgan fingerprint density at radius 1 is 1.07 bits per heavy atom. The third-order valence-corrected chi connectivity index (χ3v) is 2.98. The first-order valence-corrected chi connectivity index (χ1v) is 5.24. The van der Waals surface area contributed by atoms with Gasteiger partial charge in [0.25, 0.3) is 0 Å². The maximum absolute atomic E-state index is 3.81. The highest BCUT2D eigenvalue weighted by molar-refractivity contribution is 6.09. The molecule has 0 radical (unpaired) electrons. The second-order valence-corrected chi connectivity index (χ2v) is 3.91. The number of rotatable bonds is 2. The lowest BCUT2D eigenvalue weighted by Crippen LogP contribution is -1.80. The number of hydrogen-bond acceptors (Lipinski definition) is 0. The quantitative estimate of drug-likeness (QED) is 0.623. The molecule has 0 atom stereocenters. The maximum atomic E-state index is 3.81. The van der Waals surface area contributed by atoms with Gasteiger partial charge in [0.2, 0.25) is 0 Å². The van der Waals surface area contributed by atoms with Gasteiger partial charge in [0, 0.05) is 0 Å². The summed E-state index contributed by atoms with van der Waals surface area (Å²) in [5.74, 6) is 0. The fourth-order valence-electron chi connectivity index (χ4n) is 2.35. The summed E-state index contributed by atoms with van der Waals surface area (Å²) in [6, 6.07) is 13.0. The van der Waals surface area contributed by atoms with E-state index in [1.807, 2.05) is 6.08 Å². The Bertz CT molecular complexity index is 568. The van der Waals surface area contributed by atoms with Crippen LogP contribution >= 0.6 is 0 Å². The van der Waals surface area contributed by atoms with Gasteiger partial charge >= 0.3 is 0 Å². The van der Waals surface area contributed by atoms with Gasteiger partial charge in [0.05, 0.1) is 0 Å². The minimum absolute atomic E-state index is 0.952. The smallest absolute Gasteiger partial charge is 0.00359 e. The van der Waals surface area contributed by atoms with E-state index in [4.69, 9.17) is 0 Å². The summed E-state index contributed by atoms with van der Waals surface area (Å²) in [6.07, 6.45) is 5.20. The monoisotopic (exact) mass is 192 g/mol. The second-order valence-electron chi connectivity index (χ2n) is 3.91. The molecular weight excluding hydrogens is 180 g/mol. The topological polar surface area (TPSA) is 0 Å². The molecule has 0 aliphatic heterocycles. The second kappa shape index (κ2) is 3.09. The predicted molar refractivity (Wildman–Crippen MR) is 66.6 cm³/mol. The van der Waals surface area contributed by atoms with Crippen molar-refractivity contribution in [2.75, 3.05) is 0 Å². The minimum Gasteiger partial charge on any atom is -0.103 e. The van der Waals surface area contributed by atoms with E-state index < -0.39 is 0 Å². The van der Waals surface area contributed by atoms with Crippen molar-refractivity contribution in [2.45, 2.75) is 6.42 Å². The van der Waals surface area contributed by atoms with E-state index in [1.54, 1.807) is 0 Å². The summed E-state index contributed by atoms with van der Waals surface area (Å²) in [5, 5.41) is 2.73. The van der Waals surface area contributed by atoms with Gasteiger partial charge in [0.15, 0.2) is 0 Å². The molecule has 0 nitrogen and oxygen atoms in total. The molecule has 15 heavy (non-hydrogen) atoms. The summed E-state index contributed by atoms with van der Waals surface area (Å²) in [6.45, 7) is 3.81. The molecule has 0 aromatic heterocycles. The van der Waals surface area contributed by atoms with Crippen molar-refractivity contribution in [1.29, 1.82) is 0 Å². The predicted octanol–water partition coefficient (Wildman–Crippen LogP) is 4.27. The molecule has 0 heterocycles. The van der Waals surface area contributed by atoms with E-state index in [-0.39, 0.29) is 0 Å². The Balaban J connectivity index is 2.35. The number of hydrogen-bond donors (Lipinski definition) is 0. The molecule has 0 amide bonds. The maximum Gasteiger partial charge on any atom is -0.00359 e. The van der Waals surface area contributed by atoms with Crippen molar-refractivity contribution in [3.05, 3.63) is 60.2 Å². The molecule has 0 saturated carbocycles. The van der Waals surface area contributed by atoms with Crippen LogP contribution in [-0.2, 0) is 0 Å². The van der Waals surface area contributed by atoms with Crippen molar-refractivity contribution in [3.8, 4) is 0 Å². The molecule has 0 saturated heterocycles. The zero-order valence-electron chi connectivity index (χ0n) is 8.53. The van der Waals surface area contributed by atoms with Gasteiger partial charge in [0.1, 0.15) is 0 Å². The molecule has 0 unspecified atom stereocenters. The Labute approximate surface area is 89.6 Å². The van der Waals surface area contributed by atoms with Gasteiger partial charge in [-0.25, -0.2) is 0 Å². The number of allylic oxidation sites excluding steroid dienone is 2. The van der Waals surface area contributed by atoms with Crippen LogP contribution in [0.25, 0.3) is 22.4 Å². The molecular formula is C15H12. The van der Waals surface area contributed by atoms with Crippen LogP contribution in [0.1, 0.15) is 17.5 Å². The summed E-state index contributed by atoms with van der Waals surface area (Å²) in [5.41, 5.74) is 4.11. The lowest BCUT2D eigenvalue weighted by Gasteiger charge is -2.03. The van der Waals surface area contributed by atoms with Gasteiger partial charge in [-0.05, 0) is 33.9 Å². The molecule has 0 heteroatoms. The van der Waals surface area contributed by atoms with Crippen LogP contribution in [-0.4, -0.2) is 0 Å². The Kier molecular flexibility index (Phi) is 1.75. The average Bonchev–Trinajstić information content (AvgIpc) is 2.61. The van der Waals surface area contributed by atoms with Crippen LogP contribution in [0.4, 0.5) is 0 Å². The van der Waals surface area contributed by atoms with Crippen LogP contribution in [0.15, 0.2) is 49.1 Å². The first kappa shape index (κ1) is 8.49. The highest BCUT2D eigenvalue weighted by atomic mass is 14.2. The van der Waals surface area contributed by atoms with Crippen LogP contribution in [0.3, 0.4) is 0 Å². The van der Waals surface area contributed by atoms with Gasteiger partial charge in [-0.3, -0.25) is 0 Å². The molecule has 0 fully saturated rings. The zero-order chi connectivity index (χ0) is 10.3. The Morgan fingerprint density at radius 3 is 2.67 bits per heavy atom. The zero-order valence-corrected chi connectivity index (χ0v) is 8.53. The first-order valence-electron chi connectivity index (χ1n) is 5.24.